The van der Waals surface area contributed by atoms with E-state index in [0.717, 1.165) is 22.2 Å². The molecule has 1 atom stereocenters. The fourth-order valence-electron chi connectivity index (χ4n) is 1.26. The van der Waals surface area contributed by atoms with Crippen LogP contribution in [0.1, 0.15) is 5.56 Å². The highest BCUT2D eigenvalue weighted by molar-refractivity contribution is 9.10. The summed E-state index contributed by atoms with van der Waals surface area (Å²) < 4.78 is 6.06. The number of benzene rings is 1. The summed E-state index contributed by atoms with van der Waals surface area (Å²) in [4.78, 5) is 0. The molecule has 1 aromatic rings. The van der Waals surface area contributed by atoms with Crippen LogP contribution in [0.5, 0.6) is 5.75 Å². The minimum atomic E-state index is 0.0188. The van der Waals surface area contributed by atoms with Crippen LogP contribution in [0.2, 0.25) is 0 Å². The van der Waals surface area contributed by atoms with Crippen molar-refractivity contribution in [1.82, 2.24) is 0 Å². The van der Waals surface area contributed by atoms with Gasteiger partial charge >= 0.3 is 0 Å². The van der Waals surface area contributed by atoms with Crippen molar-refractivity contribution >= 4 is 31.9 Å². The molecule has 0 aromatic heterocycles. The third-order valence-corrected chi connectivity index (χ3v) is 3.47. The number of nitriles is 1. The molecule has 0 bridgehead atoms. The van der Waals surface area contributed by atoms with Gasteiger partial charge in [0.1, 0.15) is 5.75 Å². The van der Waals surface area contributed by atoms with Crippen molar-refractivity contribution in [3.63, 3.8) is 0 Å². The first-order valence-electron chi connectivity index (χ1n) is 4.49. The molecule has 15 heavy (non-hydrogen) atoms. The van der Waals surface area contributed by atoms with Crippen LogP contribution in [0.4, 0.5) is 0 Å². The zero-order valence-corrected chi connectivity index (χ0v) is 11.5. The van der Waals surface area contributed by atoms with E-state index in [1.54, 1.807) is 7.11 Å². The zero-order valence-electron chi connectivity index (χ0n) is 8.34. The van der Waals surface area contributed by atoms with Gasteiger partial charge in [0.2, 0.25) is 0 Å². The molecule has 0 saturated carbocycles. The normalized spacial score (nSPS) is 11.9. The van der Waals surface area contributed by atoms with Gasteiger partial charge in [-0.15, -0.1) is 0 Å². The quantitative estimate of drug-likeness (QED) is 0.790. The molecule has 2 nitrogen and oxygen atoms in total. The van der Waals surface area contributed by atoms with E-state index < -0.39 is 0 Å². The van der Waals surface area contributed by atoms with E-state index in [-0.39, 0.29) is 5.92 Å². The molecule has 0 amide bonds. The summed E-state index contributed by atoms with van der Waals surface area (Å²) in [6.07, 6.45) is 0.754. The van der Waals surface area contributed by atoms with Crippen LogP contribution >= 0.6 is 31.9 Å². The van der Waals surface area contributed by atoms with Gasteiger partial charge in [0.05, 0.1) is 23.6 Å². The SMILES string of the molecule is COc1ccc(CC(C#N)CBr)cc1Br. The Labute approximate surface area is 106 Å². The van der Waals surface area contributed by atoms with Crippen LogP contribution in [-0.4, -0.2) is 12.4 Å². The second-order valence-corrected chi connectivity index (χ2v) is 4.66. The Bertz CT molecular complexity index is 373. The van der Waals surface area contributed by atoms with Crippen molar-refractivity contribution in [3.05, 3.63) is 28.2 Å². The molecule has 0 spiro atoms. The van der Waals surface area contributed by atoms with Crippen LogP contribution in [0.15, 0.2) is 22.7 Å². The lowest BCUT2D eigenvalue weighted by Gasteiger charge is -2.08. The van der Waals surface area contributed by atoms with Gasteiger partial charge in [0, 0.05) is 5.33 Å². The Kier molecular flexibility index (Phi) is 5.13. The monoisotopic (exact) mass is 331 g/mol. The highest BCUT2D eigenvalue weighted by Gasteiger charge is 2.08. The van der Waals surface area contributed by atoms with Crippen LogP contribution in [-0.2, 0) is 6.42 Å². The van der Waals surface area contributed by atoms with E-state index in [0.29, 0.717) is 5.33 Å². The minimum absolute atomic E-state index is 0.0188. The molecule has 0 radical (unpaired) electrons. The Balaban J connectivity index is 2.80. The van der Waals surface area contributed by atoms with Gasteiger partial charge in [0.25, 0.3) is 0 Å². The molecule has 1 rings (SSSR count). The number of methoxy groups -OCH3 is 1. The summed E-state index contributed by atoms with van der Waals surface area (Å²) >= 11 is 6.74. The van der Waals surface area contributed by atoms with Crippen molar-refractivity contribution in [1.29, 1.82) is 5.26 Å². The first-order chi connectivity index (χ1) is 7.21. The number of hydrogen-bond donors (Lipinski definition) is 0. The number of rotatable bonds is 4. The molecule has 4 heteroatoms. The summed E-state index contributed by atoms with van der Waals surface area (Å²) in [6, 6.07) is 8.13. The number of halogens is 2. The third-order valence-electron chi connectivity index (χ3n) is 2.07. The fourth-order valence-corrected chi connectivity index (χ4v) is 2.22. The van der Waals surface area contributed by atoms with Crippen LogP contribution in [0.25, 0.3) is 0 Å². The van der Waals surface area contributed by atoms with Gasteiger partial charge in [-0.05, 0) is 40.0 Å². The summed E-state index contributed by atoms with van der Waals surface area (Å²) in [5.74, 6) is 0.830. The average Bonchev–Trinajstić information content (AvgIpc) is 2.26. The second kappa shape index (κ2) is 6.14. The smallest absolute Gasteiger partial charge is 0.133 e. The van der Waals surface area contributed by atoms with E-state index in [1.807, 2.05) is 18.2 Å². The first kappa shape index (κ1) is 12.5. The van der Waals surface area contributed by atoms with Gasteiger partial charge in [0.15, 0.2) is 0 Å². The molecule has 1 unspecified atom stereocenters. The van der Waals surface area contributed by atoms with Crippen LogP contribution < -0.4 is 4.74 Å². The lowest BCUT2D eigenvalue weighted by molar-refractivity contribution is 0.412. The number of ether oxygens (including phenoxy) is 1. The van der Waals surface area contributed by atoms with E-state index in [2.05, 4.69) is 37.9 Å². The highest BCUT2D eigenvalue weighted by atomic mass is 79.9. The molecular formula is C11H11Br2NO. The molecule has 80 valence electrons. The van der Waals surface area contributed by atoms with Crippen molar-refractivity contribution in [2.75, 3.05) is 12.4 Å². The summed E-state index contributed by atoms with van der Waals surface area (Å²) in [6.45, 7) is 0. The lowest BCUT2D eigenvalue weighted by Crippen LogP contribution is -2.03. The topological polar surface area (TPSA) is 33.0 Å². The van der Waals surface area contributed by atoms with Gasteiger partial charge in [-0.3, -0.25) is 0 Å². The van der Waals surface area contributed by atoms with Crippen molar-refractivity contribution in [3.8, 4) is 11.8 Å². The Morgan fingerprint density at radius 1 is 1.53 bits per heavy atom. The molecule has 0 aliphatic heterocycles. The summed E-state index contributed by atoms with van der Waals surface area (Å²) in [7, 11) is 1.64. The van der Waals surface area contributed by atoms with Gasteiger partial charge < -0.3 is 4.74 Å². The maximum absolute atomic E-state index is 8.84. The van der Waals surface area contributed by atoms with Gasteiger partial charge in [-0.25, -0.2) is 0 Å². The van der Waals surface area contributed by atoms with E-state index >= 15 is 0 Å². The molecule has 0 heterocycles. The summed E-state index contributed by atoms with van der Waals surface area (Å²) in [5, 5.41) is 9.54. The van der Waals surface area contributed by atoms with E-state index in [9.17, 15) is 0 Å². The zero-order chi connectivity index (χ0) is 11.3. The van der Waals surface area contributed by atoms with Gasteiger partial charge in [-0.2, -0.15) is 5.26 Å². The Hall–Kier alpha value is -0.530. The maximum atomic E-state index is 8.84. The number of hydrogen-bond acceptors (Lipinski definition) is 2. The minimum Gasteiger partial charge on any atom is -0.496 e. The predicted molar refractivity (Wildman–Crippen MR) is 67.3 cm³/mol. The Morgan fingerprint density at radius 2 is 2.27 bits per heavy atom. The lowest BCUT2D eigenvalue weighted by atomic mass is 10.0. The Morgan fingerprint density at radius 3 is 2.73 bits per heavy atom. The van der Waals surface area contributed by atoms with E-state index in [4.69, 9.17) is 10.00 Å². The van der Waals surface area contributed by atoms with Crippen molar-refractivity contribution in [2.45, 2.75) is 6.42 Å². The van der Waals surface area contributed by atoms with Gasteiger partial charge in [-0.1, -0.05) is 22.0 Å². The number of alkyl halides is 1. The highest BCUT2D eigenvalue weighted by Crippen LogP contribution is 2.26. The largest absolute Gasteiger partial charge is 0.496 e. The molecule has 1 aromatic carbocycles. The molecule has 0 aliphatic rings. The fraction of sp³-hybridized carbons (Fsp3) is 0.364. The van der Waals surface area contributed by atoms with Crippen LogP contribution in [0.3, 0.4) is 0 Å². The first-order valence-corrected chi connectivity index (χ1v) is 6.40. The second-order valence-electron chi connectivity index (χ2n) is 3.15. The maximum Gasteiger partial charge on any atom is 0.133 e. The van der Waals surface area contributed by atoms with E-state index in [1.165, 1.54) is 0 Å². The molecule has 0 fully saturated rings. The molecular weight excluding hydrogens is 322 g/mol. The standard InChI is InChI=1S/C11H11Br2NO/c1-15-11-3-2-8(5-10(11)13)4-9(6-12)7-14/h2-3,5,9H,4,6H2,1H3. The average molecular weight is 333 g/mol. The van der Waals surface area contributed by atoms with Crippen molar-refractivity contribution < 1.29 is 4.74 Å². The predicted octanol–water partition coefficient (Wildman–Crippen LogP) is 3.53. The molecule has 0 saturated heterocycles. The van der Waals surface area contributed by atoms with Crippen molar-refractivity contribution in [2.24, 2.45) is 5.92 Å². The molecule has 0 N–H and O–H groups in total. The molecule has 0 aliphatic carbocycles. The number of nitrogens with zero attached hydrogens (tertiary/aromatic N) is 1. The third kappa shape index (κ3) is 3.51. The summed E-state index contributed by atoms with van der Waals surface area (Å²) in [5.41, 5.74) is 1.13. The van der Waals surface area contributed by atoms with Crippen LogP contribution in [0, 0.1) is 17.2 Å².